The second-order valence-electron chi connectivity index (χ2n) is 6.20. The summed E-state index contributed by atoms with van der Waals surface area (Å²) in [5.74, 6) is 0.957. The number of hydrogen-bond donors (Lipinski definition) is 1. The summed E-state index contributed by atoms with van der Waals surface area (Å²) in [5, 5.41) is 10.8. The van der Waals surface area contributed by atoms with E-state index in [0.29, 0.717) is 12.5 Å². The Balaban J connectivity index is 2.07. The number of carbonyl (C=O) groups is 1. The minimum Gasteiger partial charge on any atom is -0.383 e. The zero-order chi connectivity index (χ0) is 16.3. The Morgan fingerprint density at radius 2 is 2.09 bits per heavy atom. The van der Waals surface area contributed by atoms with Gasteiger partial charge in [0.15, 0.2) is 0 Å². The van der Waals surface area contributed by atoms with Gasteiger partial charge < -0.3 is 10.6 Å². The van der Waals surface area contributed by atoms with E-state index in [0.717, 1.165) is 25.0 Å². The summed E-state index contributed by atoms with van der Waals surface area (Å²) >= 11 is 0. The number of nitrogen functional groups attached to an aromatic ring is 1. The molecule has 1 aromatic heterocycles. The van der Waals surface area contributed by atoms with Crippen LogP contribution in [0.15, 0.2) is 12.3 Å². The quantitative estimate of drug-likeness (QED) is 0.680. The van der Waals surface area contributed by atoms with E-state index in [4.69, 9.17) is 5.73 Å². The SMILES string of the molecule is CC1CCC(CN(C)C(=O)c2cc([N+](=O)[O-])cnc2N)CC1. The predicted molar refractivity (Wildman–Crippen MR) is 83.4 cm³/mol. The maximum atomic E-state index is 12.5. The number of rotatable bonds is 4. The molecular weight excluding hydrogens is 284 g/mol. The summed E-state index contributed by atoms with van der Waals surface area (Å²) in [7, 11) is 1.71. The van der Waals surface area contributed by atoms with Crippen molar-refractivity contribution in [3.63, 3.8) is 0 Å². The second-order valence-corrected chi connectivity index (χ2v) is 6.20. The van der Waals surface area contributed by atoms with Crippen LogP contribution < -0.4 is 5.73 Å². The van der Waals surface area contributed by atoms with Crippen molar-refractivity contribution in [3.8, 4) is 0 Å². The molecule has 2 N–H and O–H groups in total. The molecule has 7 heteroatoms. The van der Waals surface area contributed by atoms with Crippen molar-refractivity contribution < 1.29 is 9.72 Å². The number of anilines is 1. The van der Waals surface area contributed by atoms with Crippen molar-refractivity contribution in [2.75, 3.05) is 19.3 Å². The molecule has 0 bridgehead atoms. The van der Waals surface area contributed by atoms with Crippen LogP contribution in [-0.4, -0.2) is 34.3 Å². The minimum absolute atomic E-state index is 0.0275. The number of nitrogens with zero attached hydrogens (tertiary/aromatic N) is 3. The normalized spacial score (nSPS) is 21.4. The molecule has 2 rings (SSSR count). The number of nitro groups is 1. The van der Waals surface area contributed by atoms with Crippen LogP contribution in [0.3, 0.4) is 0 Å². The van der Waals surface area contributed by atoms with Crippen molar-refractivity contribution in [2.24, 2.45) is 11.8 Å². The fourth-order valence-electron chi connectivity index (χ4n) is 2.92. The van der Waals surface area contributed by atoms with Gasteiger partial charge in [-0.2, -0.15) is 0 Å². The predicted octanol–water partition coefficient (Wildman–Crippen LogP) is 2.47. The Kier molecular flexibility index (Phi) is 4.95. The van der Waals surface area contributed by atoms with Gasteiger partial charge in [0.1, 0.15) is 12.0 Å². The summed E-state index contributed by atoms with van der Waals surface area (Å²) in [5.41, 5.74) is 5.57. The summed E-state index contributed by atoms with van der Waals surface area (Å²) in [4.78, 5) is 28.0. The highest BCUT2D eigenvalue weighted by Gasteiger charge is 2.24. The molecule has 1 fully saturated rings. The number of aromatic nitrogens is 1. The molecule has 0 aliphatic heterocycles. The van der Waals surface area contributed by atoms with Crippen molar-refractivity contribution in [2.45, 2.75) is 32.6 Å². The third kappa shape index (κ3) is 3.72. The van der Waals surface area contributed by atoms with Crippen molar-refractivity contribution >= 4 is 17.4 Å². The Labute approximate surface area is 129 Å². The molecule has 1 aliphatic carbocycles. The summed E-state index contributed by atoms with van der Waals surface area (Å²) in [6, 6.07) is 1.20. The lowest BCUT2D eigenvalue weighted by atomic mass is 9.83. The highest BCUT2D eigenvalue weighted by molar-refractivity contribution is 5.98. The van der Waals surface area contributed by atoms with Crippen molar-refractivity contribution in [1.82, 2.24) is 9.88 Å². The van der Waals surface area contributed by atoms with E-state index in [-0.39, 0.29) is 23.0 Å². The molecule has 0 unspecified atom stereocenters. The molecule has 0 radical (unpaired) electrons. The van der Waals surface area contributed by atoms with Crippen LogP contribution in [0.5, 0.6) is 0 Å². The number of hydrogen-bond acceptors (Lipinski definition) is 5. The molecule has 0 saturated heterocycles. The molecule has 22 heavy (non-hydrogen) atoms. The number of pyridine rings is 1. The molecular formula is C15H22N4O3. The molecule has 1 amide bonds. The van der Waals surface area contributed by atoms with E-state index < -0.39 is 4.92 Å². The molecule has 1 heterocycles. The van der Waals surface area contributed by atoms with Crippen LogP contribution in [0, 0.1) is 22.0 Å². The van der Waals surface area contributed by atoms with Gasteiger partial charge in [-0.1, -0.05) is 19.8 Å². The monoisotopic (exact) mass is 306 g/mol. The largest absolute Gasteiger partial charge is 0.383 e. The third-order valence-corrected chi connectivity index (χ3v) is 4.36. The number of carbonyl (C=O) groups excluding carboxylic acids is 1. The first-order valence-electron chi connectivity index (χ1n) is 7.54. The van der Waals surface area contributed by atoms with Gasteiger partial charge in [0.2, 0.25) is 0 Å². The van der Waals surface area contributed by atoms with E-state index in [1.54, 1.807) is 11.9 Å². The van der Waals surface area contributed by atoms with Crippen LogP contribution in [-0.2, 0) is 0 Å². The van der Waals surface area contributed by atoms with Gasteiger partial charge in [-0.3, -0.25) is 14.9 Å². The maximum Gasteiger partial charge on any atom is 0.288 e. The minimum atomic E-state index is -0.578. The van der Waals surface area contributed by atoms with E-state index >= 15 is 0 Å². The topological polar surface area (TPSA) is 102 Å². The standard InChI is InChI=1S/C15H22N4O3/c1-10-3-5-11(6-4-10)9-18(2)15(20)13-7-12(19(21)22)8-17-14(13)16/h7-8,10-11H,3-6,9H2,1-2H3,(H2,16,17). The zero-order valence-electron chi connectivity index (χ0n) is 13.0. The molecule has 7 nitrogen and oxygen atoms in total. The summed E-state index contributed by atoms with van der Waals surface area (Å²) < 4.78 is 0. The lowest BCUT2D eigenvalue weighted by molar-refractivity contribution is -0.385. The lowest BCUT2D eigenvalue weighted by Gasteiger charge is -2.29. The van der Waals surface area contributed by atoms with Gasteiger partial charge in [-0.15, -0.1) is 0 Å². The Morgan fingerprint density at radius 3 is 2.68 bits per heavy atom. The molecule has 120 valence electrons. The second kappa shape index (κ2) is 6.72. The summed E-state index contributed by atoms with van der Waals surface area (Å²) in [6.07, 6.45) is 5.66. The number of nitrogens with two attached hydrogens (primary N) is 1. The smallest absolute Gasteiger partial charge is 0.288 e. The van der Waals surface area contributed by atoms with E-state index in [1.807, 2.05) is 0 Å². The molecule has 0 aromatic carbocycles. The van der Waals surface area contributed by atoms with Gasteiger partial charge in [-0.25, -0.2) is 4.98 Å². The summed E-state index contributed by atoms with van der Waals surface area (Å²) in [6.45, 7) is 2.90. The highest BCUT2D eigenvalue weighted by Crippen LogP contribution is 2.29. The van der Waals surface area contributed by atoms with E-state index in [1.165, 1.54) is 18.9 Å². The molecule has 1 saturated carbocycles. The van der Waals surface area contributed by atoms with Gasteiger partial charge >= 0.3 is 0 Å². The van der Waals surface area contributed by atoms with Crippen LogP contribution >= 0.6 is 0 Å². The fraction of sp³-hybridized carbons (Fsp3) is 0.600. The Bertz CT molecular complexity index is 568. The van der Waals surface area contributed by atoms with Gasteiger partial charge in [0.25, 0.3) is 11.6 Å². The maximum absolute atomic E-state index is 12.5. The average Bonchev–Trinajstić information content (AvgIpc) is 2.49. The first-order chi connectivity index (χ1) is 10.4. The van der Waals surface area contributed by atoms with Crippen LogP contribution in [0.2, 0.25) is 0 Å². The van der Waals surface area contributed by atoms with Crippen LogP contribution in [0.25, 0.3) is 0 Å². The molecule has 0 spiro atoms. The Morgan fingerprint density at radius 1 is 1.45 bits per heavy atom. The van der Waals surface area contributed by atoms with Gasteiger partial charge in [-0.05, 0) is 24.7 Å². The first-order valence-corrected chi connectivity index (χ1v) is 7.54. The highest BCUT2D eigenvalue weighted by atomic mass is 16.6. The molecule has 1 aliphatic rings. The van der Waals surface area contributed by atoms with Gasteiger partial charge in [0, 0.05) is 19.7 Å². The first kappa shape index (κ1) is 16.2. The zero-order valence-corrected chi connectivity index (χ0v) is 13.0. The van der Waals surface area contributed by atoms with Gasteiger partial charge in [0.05, 0.1) is 10.5 Å². The molecule has 0 atom stereocenters. The molecule has 1 aromatic rings. The average molecular weight is 306 g/mol. The third-order valence-electron chi connectivity index (χ3n) is 4.36. The van der Waals surface area contributed by atoms with Crippen LogP contribution in [0.4, 0.5) is 11.5 Å². The van der Waals surface area contributed by atoms with Crippen molar-refractivity contribution in [1.29, 1.82) is 0 Å². The lowest BCUT2D eigenvalue weighted by Crippen LogP contribution is -2.33. The van der Waals surface area contributed by atoms with E-state index in [9.17, 15) is 14.9 Å². The fourth-order valence-corrected chi connectivity index (χ4v) is 2.92. The van der Waals surface area contributed by atoms with Crippen molar-refractivity contribution in [3.05, 3.63) is 27.9 Å². The number of amides is 1. The van der Waals surface area contributed by atoms with Crippen LogP contribution in [0.1, 0.15) is 43.0 Å². The Hall–Kier alpha value is -2.18. The van der Waals surface area contributed by atoms with E-state index in [2.05, 4.69) is 11.9 Å².